The molecule has 3 rings (SSSR count). The third-order valence-corrected chi connectivity index (χ3v) is 4.58. The molecule has 146 valence electrons. The molecule has 0 radical (unpaired) electrons. The fourth-order valence-corrected chi connectivity index (χ4v) is 3.36. The molecule has 0 saturated heterocycles. The zero-order valence-electron chi connectivity index (χ0n) is 15.2. The molecule has 1 fully saturated rings. The number of nitrogens with one attached hydrogen (secondary N) is 1. The van der Waals surface area contributed by atoms with Crippen LogP contribution >= 0.6 is 0 Å². The highest BCUT2D eigenvalue weighted by atomic mass is 19.3. The van der Waals surface area contributed by atoms with Gasteiger partial charge in [0.1, 0.15) is 11.4 Å². The van der Waals surface area contributed by atoms with E-state index < -0.39 is 29.4 Å². The Balaban J connectivity index is 1.91. The average Bonchev–Trinajstić information content (AvgIpc) is 2.82. The number of pyridine rings is 1. The number of aryl methyl sites for hydroxylation is 1. The maximum atomic E-state index is 13.9. The van der Waals surface area contributed by atoms with Crippen LogP contribution in [-0.4, -0.2) is 26.6 Å². The highest BCUT2D eigenvalue weighted by Gasteiger charge is 2.46. The maximum absolute atomic E-state index is 13.9. The number of nitrogens with zero attached hydrogens (tertiary/aromatic N) is 3. The van der Waals surface area contributed by atoms with Crippen molar-refractivity contribution < 1.29 is 22.4 Å². The standard InChI is InChI=1S/C18H20F4N4O/c1-10-6-13(4-5-23-10)24-16(27)14-11(2)15(17(3,19)20)25-26(14)9-12-7-18(21,22)8-12/h4-6,12H,7-9H2,1-3H3,(H,23,24,27). The van der Waals surface area contributed by atoms with Gasteiger partial charge < -0.3 is 5.32 Å². The molecule has 0 aliphatic heterocycles. The molecule has 9 heteroatoms. The van der Waals surface area contributed by atoms with E-state index in [1.54, 1.807) is 19.1 Å². The first-order valence-electron chi connectivity index (χ1n) is 8.54. The van der Waals surface area contributed by atoms with E-state index in [0.29, 0.717) is 18.3 Å². The number of amides is 1. The number of rotatable bonds is 5. The monoisotopic (exact) mass is 384 g/mol. The molecular formula is C18H20F4N4O. The smallest absolute Gasteiger partial charge is 0.289 e. The van der Waals surface area contributed by atoms with Gasteiger partial charge in [0, 0.05) is 49.5 Å². The third-order valence-electron chi connectivity index (χ3n) is 4.58. The molecule has 0 atom stereocenters. The van der Waals surface area contributed by atoms with Gasteiger partial charge in [-0.3, -0.25) is 14.5 Å². The van der Waals surface area contributed by atoms with Crippen molar-refractivity contribution in [1.82, 2.24) is 14.8 Å². The summed E-state index contributed by atoms with van der Waals surface area (Å²) in [6.45, 7) is 3.82. The molecule has 2 aromatic rings. The van der Waals surface area contributed by atoms with Gasteiger partial charge in [-0.15, -0.1) is 0 Å². The molecule has 1 amide bonds. The fourth-order valence-electron chi connectivity index (χ4n) is 3.36. The topological polar surface area (TPSA) is 59.8 Å². The Kier molecular flexibility index (Phi) is 4.73. The van der Waals surface area contributed by atoms with Crippen LogP contribution in [0.4, 0.5) is 23.2 Å². The average molecular weight is 384 g/mol. The minimum absolute atomic E-state index is 0.00929. The number of halogens is 4. The summed E-state index contributed by atoms with van der Waals surface area (Å²) < 4.78 is 55.1. The van der Waals surface area contributed by atoms with Crippen LogP contribution in [0.5, 0.6) is 0 Å². The van der Waals surface area contributed by atoms with Crippen molar-refractivity contribution in [2.24, 2.45) is 5.92 Å². The van der Waals surface area contributed by atoms with Gasteiger partial charge in [-0.05, 0) is 31.9 Å². The van der Waals surface area contributed by atoms with Crippen LogP contribution in [0.15, 0.2) is 18.3 Å². The van der Waals surface area contributed by atoms with Crippen molar-refractivity contribution in [3.63, 3.8) is 0 Å². The molecule has 0 aromatic carbocycles. The number of aromatic nitrogens is 3. The van der Waals surface area contributed by atoms with E-state index in [9.17, 15) is 22.4 Å². The largest absolute Gasteiger partial charge is 0.321 e. The van der Waals surface area contributed by atoms with Crippen LogP contribution in [0.3, 0.4) is 0 Å². The van der Waals surface area contributed by atoms with Gasteiger partial charge in [-0.2, -0.15) is 13.9 Å². The van der Waals surface area contributed by atoms with E-state index in [1.165, 1.54) is 13.1 Å². The third kappa shape index (κ3) is 4.12. The van der Waals surface area contributed by atoms with Crippen LogP contribution in [0.25, 0.3) is 0 Å². The molecule has 27 heavy (non-hydrogen) atoms. The van der Waals surface area contributed by atoms with Crippen molar-refractivity contribution >= 4 is 11.6 Å². The van der Waals surface area contributed by atoms with Crippen LogP contribution < -0.4 is 5.32 Å². The van der Waals surface area contributed by atoms with E-state index in [1.807, 2.05) is 0 Å². The first-order valence-corrected chi connectivity index (χ1v) is 8.54. The van der Waals surface area contributed by atoms with Gasteiger partial charge in [0.15, 0.2) is 0 Å². The molecular weight excluding hydrogens is 364 g/mol. The van der Waals surface area contributed by atoms with Crippen LogP contribution in [0.2, 0.25) is 0 Å². The number of anilines is 1. The molecule has 2 aromatic heterocycles. The Morgan fingerprint density at radius 1 is 1.37 bits per heavy atom. The second-order valence-electron chi connectivity index (χ2n) is 7.16. The van der Waals surface area contributed by atoms with E-state index in [4.69, 9.17) is 0 Å². The Hall–Kier alpha value is -2.45. The molecule has 2 heterocycles. The van der Waals surface area contributed by atoms with Gasteiger partial charge >= 0.3 is 0 Å². The minimum Gasteiger partial charge on any atom is -0.321 e. The molecule has 5 nitrogen and oxygen atoms in total. The number of alkyl halides is 4. The first-order chi connectivity index (χ1) is 12.5. The van der Waals surface area contributed by atoms with Gasteiger partial charge in [0.25, 0.3) is 11.8 Å². The van der Waals surface area contributed by atoms with Gasteiger partial charge in [-0.1, -0.05) is 0 Å². The Bertz CT molecular complexity index is 865. The van der Waals surface area contributed by atoms with Crippen molar-refractivity contribution in [2.45, 2.75) is 52.0 Å². The summed E-state index contributed by atoms with van der Waals surface area (Å²) >= 11 is 0. The van der Waals surface area contributed by atoms with E-state index in [-0.39, 0.29) is 30.6 Å². The second kappa shape index (κ2) is 6.61. The summed E-state index contributed by atoms with van der Waals surface area (Å²) in [4.78, 5) is 16.8. The molecule has 1 N–H and O–H groups in total. The van der Waals surface area contributed by atoms with Crippen molar-refractivity contribution in [1.29, 1.82) is 0 Å². The number of hydrogen-bond acceptors (Lipinski definition) is 3. The molecule has 1 aliphatic rings. The van der Waals surface area contributed by atoms with E-state index in [2.05, 4.69) is 15.4 Å². The Morgan fingerprint density at radius 2 is 2.04 bits per heavy atom. The molecule has 0 unspecified atom stereocenters. The van der Waals surface area contributed by atoms with Crippen LogP contribution in [-0.2, 0) is 12.5 Å². The highest BCUT2D eigenvalue weighted by Crippen LogP contribution is 2.43. The van der Waals surface area contributed by atoms with Crippen LogP contribution in [0, 0.1) is 19.8 Å². The lowest BCUT2D eigenvalue weighted by Crippen LogP contribution is -2.38. The minimum atomic E-state index is -3.25. The van der Waals surface area contributed by atoms with Gasteiger partial charge in [0.05, 0.1) is 0 Å². The number of carbonyl (C=O) groups excluding carboxylic acids is 1. The second-order valence-corrected chi connectivity index (χ2v) is 7.16. The van der Waals surface area contributed by atoms with Crippen molar-refractivity contribution in [3.8, 4) is 0 Å². The fraction of sp³-hybridized carbons (Fsp3) is 0.500. The lowest BCUT2D eigenvalue weighted by atomic mass is 9.81. The maximum Gasteiger partial charge on any atom is 0.289 e. The highest BCUT2D eigenvalue weighted by molar-refractivity contribution is 6.04. The van der Waals surface area contributed by atoms with E-state index >= 15 is 0 Å². The lowest BCUT2D eigenvalue weighted by molar-refractivity contribution is -0.114. The van der Waals surface area contributed by atoms with Gasteiger partial charge in [-0.25, -0.2) is 8.78 Å². The Labute approximate surface area is 153 Å². The molecule has 0 bridgehead atoms. The quantitative estimate of drug-likeness (QED) is 0.782. The SMILES string of the molecule is Cc1cc(NC(=O)c2c(C)c(C(C)(F)F)nn2CC2CC(F)(F)C2)ccn1. The summed E-state index contributed by atoms with van der Waals surface area (Å²) in [5.41, 5.74) is 0.604. The molecule has 1 aliphatic carbocycles. The zero-order chi connectivity index (χ0) is 20.0. The summed E-state index contributed by atoms with van der Waals surface area (Å²) in [6.07, 6.45) is 0.833. The predicted octanol–water partition coefficient (Wildman–Crippen LogP) is 4.30. The molecule has 1 saturated carbocycles. The summed E-state index contributed by atoms with van der Waals surface area (Å²) in [6, 6.07) is 3.21. The van der Waals surface area contributed by atoms with Crippen molar-refractivity contribution in [3.05, 3.63) is 41.0 Å². The summed E-state index contributed by atoms with van der Waals surface area (Å²) in [5, 5.41) is 6.52. The van der Waals surface area contributed by atoms with Crippen LogP contribution in [0.1, 0.15) is 47.2 Å². The molecule has 0 spiro atoms. The summed E-state index contributed by atoms with van der Waals surface area (Å²) in [7, 11) is 0. The number of carbonyl (C=O) groups is 1. The zero-order valence-corrected chi connectivity index (χ0v) is 15.2. The first kappa shape index (κ1) is 19.3. The van der Waals surface area contributed by atoms with E-state index in [0.717, 1.165) is 4.68 Å². The lowest BCUT2D eigenvalue weighted by Gasteiger charge is -2.35. The summed E-state index contributed by atoms with van der Waals surface area (Å²) in [5.74, 6) is -7.01. The van der Waals surface area contributed by atoms with Gasteiger partial charge in [0.2, 0.25) is 5.92 Å². The normalized spacial score (nSPS) is 16.9. The Morgan fingerprint density at radius 3 is 2.59 bits per heavy atom. The predicted molar refractivity (Wildman–Crippen MR) is 91.1 cm³/mol. The van der Waals surface area contributed by atoms with Crippen molar-refractivity contribution in [2.75, 3.05) is 5.32 Å². The number of hydrogen-bond donors (Lipinski definition) is 1.